The Balaban J connectivity index is 1.22. The summed E-state index contributed by atoms with van der Waals surface area (Å²) in [5.41, 5.74) is 1.88. The molecule has 4 saturated carbocycles. The van der Waals surface area contributed by atoms with E-state index in [2.05, 4.69) is 26.5 Å². The summed E-state index contributed by atoms with van der Waals surface area (Å²) in [7, 11) is 0. The highest BCUT2D eigenvalue weighted by molar-refractivity contribution is 5.91. The second-order valence-electron chi connectivity index (χ2n) is 12.5. The predicted molar refractivity (Wildman–Crippen MR) is 116 cm³/mol. The average Bonchev–Trinajstić information content (AvgIpc) is 3.23. The standard InChI is InChI=1S/C27H36O4/c1-15-13-30-27(16(15)2)23(29)12-21-22(31-27)11-20-19-5-4-17-10-18(28)6-7-25(17)14-26(19,25)9-8-24(20,21)3/h6-7,15,17,19-23,29H,2,4-5,8-14H2,1,3H3/t15?,17?,19?,20-,21?,22?,23?,24?,25?,26-,27?/m0/s1. The molecule has 0 bridgehead atoms. The largest absolute Gasteiger partial charge is 0.387 e. The molecule has 1 N–H and O–H groups in total. The average molecular weight is 425 g/mol. The van der Waals surface area contributed by atoms with Crippen LogP contribution in [0.15, 0.2) is 24.3 Å². The zero-order valence-electron chi connectivity index (χ0n) is 18.9. The molecule has 2 aliphatic heterocycles. The van der Waals surface area contributed by atoms with Gasteiger partial charge in [-0.2, -0.15) is 0 Å². The van der Waals surface area contributed by atoms with Crippen molar-refractivity contribution in [3.8, 4) is 0 Å². The van der Waals surface area contributed by atoms with Crippen molar-refractivity contribution in [2.75, 3.05) is 6.61 Å². The number of carbonyl (C=O) groups excluding carboxylic acids is 1. The van der Waals surface area contributed by atoms with Gasteiger partial charge in [-0.05, 0) is 96.5 Å². The van der Waals surface area contributed by atoms with Crippen LogP contribution in [-0.4, -0.2) is 35.5 Å². The summed E-state index contributed by atoms with van der Waals surface area (Å²) in [5.74, 6) is 1.95. The maximum Gasteiger partial charge on any atom is 0.218 e. The van der Waals surface area contributed by atoms with Gasteiger partial charge in [0.05, 0.1) is 12.7 Å². The minimum absolute atomic E-state index is 0.159. The summed E-state index contributed by atoms with van der Waals surface area (Å²) in [6, 6.07) is 0. The molecule has 6 fully saturated rings. The van der Waals surface area contributed by atoms with Crippen LogP contribution in [0.25, 0.3) is 0 Å². The van der Waals surface area contributed by atoms with Crippen LogP contribution in [0.1, 0.15) is 65.2 Å². The number of ether oxygens (including phenoxy) is 2. The fraction of sp³-hybridized carbons (Fsp3) is 0.815. The molecule has 11 atom stereocenters. The molecule has 2 saturated heterocycles. The molecule has 7 aliphatic rings. The maximum absolute atomic E-state index is 12.1. The summed E-state index contributed by atoms with van der Waals surface area (Å²) in [6.07, 6.45) is 12.7. The summed E-state index contributed by atoms with van der Waals surface area (Å²) >= 11 is 0. The van der Waals surface area contributed by atoms with Crippen molar-refractivity contribution in [2.24, 2.45) is 45.8 Å². The minimum Gasteiger partial charge on any atom is -0.387 e. The first-order chi connectivity index (χ1) is 14.8. The van der Waals surface area contributed by atoms with E-state index in [1.807, 2.05) is 6.08 Å². The molecule has 2 heterocycles. The Kier molecular flexibility index (Phi) is 3.61. The number of allylic oxidation sites excluding steroid dienone is 2. The number of hydrogen-bond acceptors (Lipinski definition) is 4. The molecular formula is C27H36O4. The Hall–Kier alpha value is -0.970. The molecule has 0 aromatic heterocycles. The molecule has 0 radical (unpaired) electrons. The van der Waals surface area contributed by atoms with Crippen LogP contribution >= 0.6 is 0 Å². The lowest BCUT2D eigenvalue weighted by atomic mass is 9.50. The van der Waals surface area contributed by atoms with Gasteiger partial charge < -0.3 is 14.6 Å². The van der Waals surface area contributed by atoms with Crippen molar-refractivity contribution in [1.82, 2.24) is 0 Å². The molecule has 7 rings (SSSR count). The minimum atomic E-state index is -0.979. The number of aliphatic hydroxyl groups is 1. The number of carbonyl (C=O) groups is 1. The monoisotopic (exact) mass is 424 g/mol. The van der Waals surface area contributed by atoms with Crippen molar-refractivity contribution < 1.29 is 19.4 Å². The Morgan fingerprint density at radius 1 is 1.16 bits per heavy atom. The molecule has 4 nitrogen and oxygen atoms in total. The molecule has 9 unspecified atom stereocenters. The van der Waals surface area contributed by atoms with E-state index in [9.17, 15) is 9.90 Å². The molecule has 168 valence electrons. The van der Waals surface area contributed by atoms with E-state index in [0.29, 0.717) is 41.0 Å². The Bertz CT molecular complexity index is 909. The first-order valence-corrected chi connectivity index (χ1v) is 12.7. The lowest BCUT2D eigenvalue weighted by Gasteiger charge is -2.55. The van der Waals surface area contributed by atoms with Crippen molar-refractivity contribution in [3.63, 3.8) is 0 Å². The first-order valence-electron chi connectivity index (χ1n) is 12.7. The lowest BCUT2D eigenvalue weighted by molar-refractivity contribution is -0.297. The van der Waals surface area contributed by atoms with Crippen molar-refractivity contribution >= 4 is 5.78 Å². The van der Waals surface area contributed by atoms with Crippen LogP contribution in [0.2, 0.25) is 0 Å². The number of aliphatic hydroxyl groups excluding tert-OH is 1. The molecule has 0 aromatic rings. The van der Waals surface area contributed by atoms with Crippen molar-refractivity contribution in [3.05, 3.63) is 24.3 Å². The van der Waals surface area contributed by atoms with Gasteiger partial charge in [-0.3, -0.25) is 4.79 Å². The molecule has 4 heteroatoms. The molecule has 31 heavy (non-hydrogen) atoms. The highest BCUT2D eigenvalue weighted by Gasteiger charge is 2.78. The number of ketones is 1. The normalized spacial score (nSPS) is 61.5. The van der Waals surface area contributed by atoms with Crippen LogP contribution in [-0.2, 0) is 14.3 Å². The van der Waals surface area contributed by atoms with Gasteiger partial charge in [0.15, 0.2) is 5.78 Å². The molecule has 5 aliphatic carbocycles. The lowest BCUT2D eigenvalue weighted by Crippen LogP contribution is -2.56. The zero-order chi connectivity index (χ0) is 21.4. The van der Waals surface area contributed by atoms with E-state index < -0.39 is 11.9 Å². The van der Waals surface area contributed by atoms with E-state index >= 15 is 0 Å². The number of hydrogen-bond donors (Lipinski definition) is 1. The predicted octanol–water partition coefficient (Wildman–Crippen LogP) is 4.42. The third-order valence-corrected chi connectivity index (χ3v) is 11.7. The second kappa shape index (κ2) is 5.74. The van der Waals surface area contributed by atoms with Gasteiger partial charge in [0, 0.05) is 12.3 Å². The van der Waals surface area contributed by atoms with Gasteiger partial charge in [0.1, 0.15) is 6.10 Å². The van der Waals surface area contributed by atoms with Crippen molar-refractivity contribution in [2.45, 2.75) is 83.2 Å². The van der Waals surface area contributed by atoms with Gasteiger partial charge in [-0.1, -0.05) is 26.5 Å². The maximum atomic E-state index is 12.1. The first kappa shape index (κ1) is 19.5. The van der Waals surface area contributed by atoms with Crippen LogP contribution in [0, 0.1) is 45.8 Å². The van der Waals surface area contributed by atoms with Crippen molar-refractivity contribution in [1.29, 1.82) is 0 Å². The summed E-state index contributed by atoms with van der Waals surface area (Å²) in [4.78, 5) is 12.1. The van der Waals surface area contributed by atoms with Gasteiger partial charge in [-0.15, -0.1) is 0 Å². The van der Waals surface area contributed by atoms with E-state index in [1.165, 1.54) is 32.1 Å². The summed E-state index contributed by atoms with van der Waals surface area (Å²) < 4.78 is 12.8. The third kappa shape index (κ3) is 2.08. The second-order valence-corrected chi connectivity index (χ2v) is 12.5. The van der Waals surface area contributed by atoms with Crippen LogP contribution < -0.4 is 0 Å². The fourth-order valence-corrected chi connectivity index (χ4v) is 10.0. The van der Waals surface area contributed by atoms with Gasteiger partial charge in [0.25, 0.3) is 0 Å². The van der Waals surface area contributed by atoms with E-state index in [4.69, 9.17) is 9.47 Å². The van der Waals surface area contributed by atoms with E-state index in [1.54, 1.807) is 0 Å². The van der Waals surface area contributed by atoms with E-state index in [-0.39, 0.29) is 17.4 Å². The Morgan fingerprint density at radius 2 is 2.00 bits per heavy atom. The van der Waals surface area contributed by atoms with E-state index in [0.717, 1.165) is 30.8 Å². The SMILES string of the molecule is C=C1C(C)COC12OC1C[C@H]3C4CCC5CC(=O)C=CC56C[C@@]46CCC3(C)C1CC2O. The van der Waals surface area contributed by atoms with Gasteiger partial charge in [0.2, 0.25) is 5.79 Å². The molecular weight excluding hydrogens is 388 g/mol. The topological polar surface area (TPSA) is 55.8 Å². The van der Waals surface area contributed by atoms with Crippen LogP contribution in [0.3, 0.4) is 0 Å². The highest BCUT2D eigenvalue weighted by atomic mass is 16.7. The summed E-state index contributed by atoms with van der Waals surface area (Å²) in [5, 5.41) is 11.2. The highest BCUT2D eigenvalue weighted by Crippen LogP contribution is 2.84. The summed E-state index contributed by atoms with van der Waals surface area (Å²) in [6.45, 7) is 9.48. The van der Waals surface area contributed by atoms with Crippen LogP contribution in [0.5, 0.6) is 0 Å². The third-order valence-electron chi connectivity index (χ3n) is 11.7. The van der Waals surface area contributed by atoms with Gasteiger partial charge in [-0.25, -0.2) is 0 Å². The Morgan fingerprint density at radius 3 is 2.77 bits per heavy atom. The molecule has 0 aromatic carbocycles. The fourth-order valence-electron chi connectivity index (χ4n) is 10.0. The number of fused-ring (bicyclic) bond motifs is 4. The zero-order valence-corrected chi connectivity index (χ0v) is 18.9. The van der Waals surface area contributed by atoms with Crippen LogP contribution in [0.4, 0.5) is 0 Å². The number of rotatable bonds is 0. The Labute approximate surface area is 185 Å². The van der Waals surface area contributed by atoms with Gasteiger partial charge >= 0.3 is 0 Å². The molecule has 0 amide bonds. The smallest absolute Gasteiger partial charge is 0.218 e. The quantitative estimate of drug-likeness (QED) is 0.585. The molecule has 3 spiro atoms.